The second-order valence-electron chi connectivity index (χ2n) is 6.27. The number of nitrogens with zero attached hydrogens (tertiary/aromatic N) is 1. The fraction of sp³-hybridized carbons (Fsp3) is 0.933. The van der Waals surface area contributed by atoms with Gasteiger partial charge in [0.2, 0.25) is 0 Å². The average molecular weight is 268 g/mol. The summed E-state index contributed by atoms with van der Waals surface area (Å²) >= 11 is 0. The van der Waals surface area contributed by atoms with Crippen LogP contribution in [-0.4, -0.2) is 48.7 Å². The van der Waals surface area contributed by atoms with Gasteiger partial charge in [-0.2, -0.15) is 0 Å². The Kier molecular flexibility index (Phi) is 4.85. The van der Waals surface area contributed by atoms with E-state index in [0.29, 0.717) is 12.6 Å². The summed E-state index contributed by atoms with van der Waals surface area (Å²) in [5.41, 5.74) is -0.542. The lowest BCUT2D eigenvalue weighted by atomic mass is 10.0. The molecule has 1 saturated carbocycles. The largest absolute Gasteiger partial charge is 0.465 e. The molecule has 4 heteroatoms. The van der Waals surface area contributed by atoms with Crippen LogP contribution < -0.4 is 5.32 Å². The summed E-state index contributed by atoms with van der Waals surface area (Å²) < 4.78 is 5.27. The van der Waals surface area contributed by atoms with E-state index in [2.05, 4.69) is 17.1 Å². The maximum absolute atomic E-state index is 12.3. The highest BCUT2D eigenvalue weighted by atomic mass is 16.5. The maximum Gasteiger partial charge on any atom is 0.327 e. The third-order valence-electron chi connectivity index (χ3n) is 4.31. The Bertz CT molecular complexity index is 317. The first-order valence-electron chi connectivity index (χ1n) is 7.74. The summed E-state index contributed by atoms with van der Waals surface area (Å²) in [6.07, 6.45) is 4.88. The molecule has 0 aromatic carbocycles. The molecule has 0 spiro atoms. The Morgan fingerprint density at radius 2 is 2.11 bits per heavy atom. The molecular formula is C15H28N2O2. The lowest BCUT2D eigenvalue weighted by Gasteiger charge is -2.33. The highest BCUT2D eigenvalue weighted by Crippen LogP contribution is 2.26. The fourth-order valence-corrected chi connectivity index (χ4v) is 2.97. The molecule has 0 aromatic heterocycles. The maximum atomic E-state index is 12.3. The molecule has 0 bridgehead atoms. The van der Waals surface area contributed by atoms with Crippen molar-refractivity contribution in [3.63, 3.8) is 0 Å². The minimum Gasteiger partial charge on any atom is -0.465 e. The summed E-state index contributed by atoms with van der Waals surface area (Å²) in [6.45, 7) is 9.59. The Morgan fingerprint density at radius 3 is 2.63 bits per heavy atom. The Labute approximate surface area is 116 Å². The van der Waals surface area contributed by atoms with Gasteiger partial charge in [0.15, 0.2) is 0 Å². The van der Waals surface area contributed by atoms with Crippen LogP contribution in [0, 0.1) is 5.92 Å². The molecule has 0 aromatic rings. The third kappa shape index (κ3) is 3.93. The molecule has 2 unspecified atom stereocenters. The van der Waals surface area contributed by atoms with Gasteiger partial charge in [0, 0.05) is 19.1 Å². The number of carbonyl (C=O) groups is 1. The van der Waals surface area contributed by atoms with Crippen molar-refractivity contribution in [3.05, 3.63) is 0 Å². The smallest absolute Gasteiger partial charge is 0.327 e. The predicted molar refractivity (Wildman–Crippen MR) is 76.0 cm³/mol. The summed E-state index contributed by atoms with van der Waals surface area (Å²) in [5, 5.41) is 3.50. The van der Waals surface area contributed by atoms with Gasteiger partial charge in [0.1, 0.15) is 5.54 Å². The standard InChI is InChI=1S/C15H28N2O2/c1-4-12-8-9-17(10-12)11-15(3,14(18)19-5-2)16-13-6-7-13/h12-13,16H,4-11H2,1-3H3. The summed E-state index contributed by atoms with van der Waals surface area (Å²) in [7, 11) is 0. The van der Waals surface area contributed by atoms with Gasteiger partial charge in [-0.3, -0.25) is 10.1 Å². The number of ether oxygens (including phenoxy) is 1. The normalized spacial score (nSPS) is 27.2. The van der Waals surface area contributed by atoms with Crippen molar-refractivity contribution in [1.82, 2.24) is 10.2 Å². The molecule has 0 radical (unpaired) electrons. The van der Waals surface area contributed by atoms with E-state index in [1.54, 1.807) is 0 Å². The molecular weight excluding hydrogens is 240 g/mol. The number of carbonyl (C=O) groups excluding carboxylic acids is 1. The summed E-state index contributed by atoms with van der Waals surface area (Å²) in [5.74, 6) is 0.703. The number of likely N-dealkylation sites (tertiary alicyclic amines) is 1. The first-order chi connectivity index (χ1) is 9.07. The van der Waals surface area contributed by atoms with Crippen molar-refractivity contribution < 1.29 is 9.53 Å². The first kappa shape index (κ1) is 14.8. The van der Waals surface area contributed by atoms with Crippen molar-refractivity contribution in [1.29, 1.82) is 0 Å². The quantitative estimate of drug-likeness (QED) is 0.715. The molecule has 2 rings (SSSR count). The minimum atomic E-state index is -0.542. The number of nitrogens with one attached hydrogen (secondary N) is 1. The Balaban J connectivity index is 1.94. The molecule has 1 aliphatic heterocycles. The van der Waals surface area contributed by atoms with E-state index >= 15 is 0 Å². The average Bonchev–Trinajstić information content (AvgIpc) is 3.06. The van der Waals surface area contributed by atoms with Gasteiger partial charge in [-0.1, -0.05) is 13.3 Å². The van der Waals surface area contributed by atoms with Crippen molar-refractivity contribution in [2.24, 2.45) is 5.92 Å². The van der Waals surface area contributed by atoms with Crippen molar-refractivity contribution >= 4 is 5.97 Å². The zero-order valence-electron chi connectivity index (χ0n) is 12.6. The second kappa shape index (κ2) is 6.23. The van der Waals surface area contributed by atoms with Gasteiger partial charge in [0.05, 0.1) is 6.61 Å². The molecule has 1 saturated heterocycles. The molecule has 2 atom stereocenters. The lowest BCUT2D eigenvalue weighted by molar-refractivity contribution is -0.151. The van der Waals surface area contributed by atoms with Crippen LogP contribution in [0.25, 0.3) is 0 Å². The number of hydrogen-bond acceptors (Lipinski definition) is 4. The van der Waals surface area contributed by atoms with Crippen LogP contribution in [0.3, 0.4) is 0 Å². The SMILES string of the molecule is CCOC(=O)C(C)(CN1CCC(CC)C1)NC1CC1. The first-order valence-corrected chi connectivity index (χ1v) is 7.74. The van der Waals surface area contributed by atoms with Gasteiger partial charge >= 0.3 is 5.97 Å². The van der Waals surface area contributed by atoms with Crippen molar-refractivity contribution in [3.8, 4) is 0 Å². The van der Waals surface area contributed by atoms with Gasteiger partial charge in [-0.15, -0.1) is 0 Å². The topological polar surface area (TPSA) is 41.6 Å². The molecule has 1 heterocycles. The molecule has 4 nitrogen and oxygen atoms in total. The van der Waals surface area contributed by atoms with Gasteiger partial charge in [-0.05, 0) is 45.6 Å². The lowest BCUT2D eigenvalue weighted by Crippen LogP contribution is -2.58. The van der Waals surface area contributed by atoms with E-state index in [1.165, 1.54) is 25.7 Å². The highest BCUT2D eigenvalue weighted by molar-refractivity contribution is 5.80. The van der Waals surface area contributed by atoms with Crippen LogP contribution in [-0.2, 0) is 9.53 Å². The molecule has 1 N–H and O–H groups in total. The van der Waals surface area contributed by atoms with Gasteiger partial charge in [0.25, 0.3) is 0 Å². The van der Waals surface area contributed by atoms with E-state index in [0.717, 1.165) is 25.6 Å². The van der Waals surface area contributed by atoms with Gasteiger partial charge < -0.3 is 9.64 Å². The highest BCUT2D eigenvalue weighted by Gasteiger charge is 2.41. The number of hydrogen-bond donors (Lipinski definition) is 1. The zero-order chi connectivity index (χ0) is 13.9. The minimum absolute atomic E-state index is 0.0955. The van der Waals surface area contributed by atoms with Crippen LogP contribution in [0.1, 0.15) is 46.5 Å². The fourth-order valence-electron chi connectivity index (χ4n) is 2.97. The summed E-state index contributed by atoms with van der Waals surface area (Å²) in [4.78, 5) is 14.7. The van der Waals surface area contributed by atoms with Crippen LogP contribution in [0.4, 0.5) is 0 Å². The van der Waals surface area contributed by atoms with E-state index < -0.39 is 5.54 Å². The summed E-state index contributed by atoms with van der Waals surface area (Å²) in [6, 6.07) is 0.513. The Morgan fingerprint density at radius 1 is 1.37 bits per heavy atom. The molecule has 0 amide bonds. The molecule has 1 aliphatic carbocycles. The molecule has 19 heavy (non-hydrogen) atoms. The zero-order valence-corrected chi connectivity index (χ0v) is 12.6. The van der Waals surface area contributed by atoms with E-state index in [4.69, 9.17) is 4.74 Å². The molecule has 110 valence electrons. The van der Waals surface area contributed by atoms with Crippen molar-refractivity contribution in [2.75, 3.05) is 26.2 Å². The van der Waals surface area contributed by atoms with E-state index in [1.807, 2.05) is 13.8 Å². The van der Waals surface area contributed by atoms with Gasteiger partial charge in [-0.25, -0.2) is 0 Å². The number of esters is 1. The Hall–Kier alpha value is -0.610. The number of rotatable bonds is 7. The van der Waals surface area contributed by atoms with E-state index in [9.17, 15) is 4.79 Å². The van der Waals surface area contributed by atoms with Crippen LogP contribution in [0.5, 0.6) is 0 Å². The monoisotopic (exact) mass is 268 g/mol. The van der Waals surface area contributed by atoms with Crippen LogP contribution in [0.2, 0.25) is 0 Å². The van der Waals surface area contributed by atoms with Crippen LogP contribution in [0.15, 0.2) is 0 Å². The molecule has 2 fully saturated rings. The third-order valence-corrected chi connectivity index (χ3v) is 4.31. The molecule has 2 aliphatic rings. The van der Waals surface area contributed by atoms with Crippen LogP contribution >= 0.6 is 0 Å². The van der Waals surface area contributed by atoms with E-state index in [-0.39, 0.29) is 5.97 Å². The van der Waals surface area contributed by atoms with Crippen molar-refractivity contribution in [2.45, 2.75) is 58.0 Å². The predicted octanol–water partition coefficient (Wildman–Crippen LogP) is 1.79. The second-order valence-corrected chi connectivity index (χ2v) is 6.27.